The van der Waals surface area contributed by atoms with E-state index < -0.39 is 0 Å². The molecule has 0 saturated heterocycles. The van der Waals surface area contributed by atoms with Gasteiger partial charge in [-0.25, -0.2) is 5.06 Å². The van der Waals surface area contributed by atoms with Gasteiger partial charge in [0, 0.05) is 19.3 Å². The van der Waals surface area contributed by atoms with E-state index in [9.17, 15) is 4.79 Å². The van der Waals surface area contributed by atoms with E-state index in [-0.39, 0.29) is 5.91 Å². The second-order valence-electron chi connectivity index (χ2n) is 3.06. The molecule has 0 heterocycles. The molecule has 15 heavy (non-hydrogen) atoms. The lowest BCUT2D eigenvalue weighted by atomic mass is 10.1. The number of anilines is 1. The summed E-state index contributed by atoms with van der Waals surface area (Å²) in [6, 6.07) is 7.37. The van der Waals surface area contributed by atoms with Gasteiger partial charge in [0.2, 0.25) is 0 Å². The number of benzene rings is 1. The fraction of sp³-hybridized carbons (Fsp3) is 0.364. The first kappa shape index (κ1) is 11.5. The molecule has 0 unspecified atom stereocenters. The summed E-state index contributed by atoms with van der Waals surface area (Å²) in [4.78, 5) is 16.7. The Morgan fingerprint density at radius 3 is 2.73 bits per heavy atom. The zero-order valence-electron chi connectivity index (χ0n) is 9.28. The van der Waals surface area contributed by atoms with Crippen molar-refractivity contribution in [2.45, 2.75) is 6.92 Å². The van der Waals surface area contributed by atoms with Crippen LogP contribution in [0.4, 0.5) is 5.69 Å². The fourth-order valence-electron chi connectivity index (χ4n) is 1.27. The summed E-state index contributed by atoms with van der Waals surface area (Å²) in [5, 5.41) is 4.34. The van der Waals surface area contributed by atoms with Gasteiger partial charge in [-0.1, -0.05) is 12.1 Å². The highest BCUT2D eigenvalue weighted by atomic mass is 16.7. The maximum Gasteiger partial charge on any atom is 0.279 e. The van der Waals surface area contributed by atoms with Crippen LogP contribution in [0.25, 0.3) is 0 Å². The predicted octanol–water partition coefficient (Wildman–Crippen LogP) is 1.75. The van der Waals surface area contributed by atoms with Gasteiger partial charge >= 0.3 is 0 Å². The molecular weight excluding hydrogens is 192 g/mol. The molecule has 0 saturated carbocycles. The minimum absolute atomic E-state index is 0.158. The monoisotopic (exact) mass is 208 g/mol. The quantitative estimate of drug-likeness (QED) is 0.766. The molecule has 0 aliphatic heterocycles. The molecule has 1 rings (SSSR count). The number of nitrogens with zero attached hydrogens (tertiary/aromatic N) is 1. The molecule has 0 bridgehead atoms. The summed E-state index contributed by atoms with van der Waals surface area (Å²) in [6.45, 7) is 2.77. The third-order valence-electron chi connectivity index (χ3n) is 2.08. The molecule has 1 aromatic rings. The lowest BCUT2D eigenvalue weighted by molar-refractivity contribution is -0.0756. The standard InChI is InChI=1S/C11H16N2O2/c1-4-12-10-8-6-5-7-9(10)11(14)13(2)15-3/h5-8,12H,4H2,1-3H3. The number of carbonyl (C=O) groups is 1. The van der Waals surface area contributed by atoms with E-state index in [0.29, 0.717) is 5.56 Å². The number of carbonyl (C=O) groups excluding carboxylic acids is 1. The molecule has 4 heteroatoms. The van der Waals surface area contributed by atoms with Crippen LogP contribution < -0.4 is 5.32 Å². The lowest BCUT2D eigenvalue weighted by Crippen LogP contribution is -2.26. The van der Waals surface area contributed by atoms with Crippen LogP contribution in [-0.4, -0.2) is 31.7 Å². The van der Waals surface area contributed by atoms with E-state index in [2.05, 4.69) is 5.32 Å². The third-order valence-corrected chi connectivity index (χ3v) is 2.08. The van der Waals surface area contributed by atoms with Crippen molar-refractivity contribution in [2.75, 3.05) is 26.0 Å². The molecule has 0 fully saturated rings. The predicted molar refractivity (Wildman–Crippen MR) is 59.7 cm³/mol. The highest BCUT2D eigenvalue weighted by Gasteiger charge is 2.14. The number of hydrogen-bond acceptors (Lipinski definition) is 3. The summed E-state index contributed by atoms with van der Waals surface area (Å²) >= 11 is 0. The topological polar surface area (TPSA) is 41.6 Å². The normalized spacial score (nSPS) is 9.80. The molecule has 0 aromatic heterocycles. The molecule has 0 radical (unpaired) electrons. The van der Waals surface area contributed by atoms with Crippen LogP contribution >= 0.6 is 0 Å². The van der Waals surface area contributed by atoms with Crippen LogP contribution in [0, 0.1) is 0 Å². The highest BCUT2D eigenvalue weighted by Crippen LogP contribution is 2.16. The average Bonchev–Trinajstić information content (AvgIpc) is 2.28. The van der Waals surface area contributed by atoms with Crippen molar-refractivity contribution < 1.29 is 9.63 Å². The summed E-state index contributed by atoms with van der Waals surface area (Å²) in [5.74, 6) is -0.158. The first-order valence-electron chi connectivity index (χ1n) is 4.85. The van der Waals surface area contributed by atoms with E-state index in [1.165, 1.54) is 12.2 Å². The molecule has 0 spiro atoms. The summed E-state index contributed by atoms with van der Waals surface area (Å²) in [6.07, 6.45) is 0. The van der Waals surface area contributed by atoms with Crippen molar-refractivity contribution in [3.05, 3.63) is 29.8 Å². The number of para-hydroxylation sites is 1. The van der Waals surface area contributed by atoms with Gasteiger partial charge in [0.1, 0.15) is 0 Å². The maximum absolute atomic E-state index is 11.8. The van der Waals surface area contributed by atoms with E-state index in [4.69, 9.17) is 4.84 Å². The summed E-state index contributed by atoms with van der Waals surface area (Å²) in [7, 11) is 3.05. The Morgan fingerprint density at radius 2 is 2.13 bits per heavy atom. The van der Waals surface area contributed by atoms with E-state index in [0.717, 1.165) is 12.2 Å². The molecule has 0 aliphatic rings. The minimum Gasteiger partial charge on any atom is -0.385 e. The first-order chi connectivity index (χ1) is 7.20. The van der Waals surface area contributed by atoms with Gasteiger partial charge < -0.3 is 5.32 Å². The summed E-state index contributed by atoms with van der Waals surface area (Å²) in [5.41, 5.74) is 1.44. The van der Waals surface area contributed by atoms with Crippen LogP contribution in [0.15, 0.2) is 24.3 Å². The SMILES string of the molecule is CCNc1ccccc1C(=O)N(C)OC. The van der Waals surface area contributed by atoms with Gasteiger partial charge in [-0.05, 0) is 19.1 Å². The van der Waals surface area contributed by atoms with Crippen LogP contribution in [-0.2, 0) is 4.84 Å². The van der Waals surface area contributed by atoms with Gasteiger partial charge in [-0.2, -0.15) is 0 Å². The zero-order chi connectivity index (χ0) is 11.3. The van der Waals surface area contributed by atoms with E-state index in [1.807, 2.05) is 25.1 Å². The molecule has 1 amide bonds. The number of amides is 1. The largest absolute Gasteiger partial charge is 0.385 e. The van der Waals surface area contributed by atoms with Gasteiger partial charge in [-0.15, -0.1) is 0 Å². The van der Waals surface area contributed by atoms with Crippen LogP contribution in [0.5, 0.6) is 0 Å². The van der Waals surface area contributed by atoms with Crippen molar-refractivity contribution in [1.82, 2.24) is 5.06 Å². The second kappa shape index (κ2) is 5.36. The molecular formula is C11H16N2O2. The molecule has 82 valence electrons. The Balaban J connectivity index is 2.96. The first-order valence-corrected chi connectivity index (χ1v) is 4.85. The number of rotatable bonds is 4. The fourth-order valence-corrected chi connectivity index (χ4v) is 1.27. The Kier molecular flexibility index (Phi) is 4.12. The van der Waals surface area contributed by atoms with E-state index in [1.54, 1.807) is 13.1 Å². The van der Waals surface area contributed by atoms with Crippen LogP contribution in [0.1, 0.15) is 17.3 Å². The van der Waals surface area contributed by atoms with Gasteiger partial charge in [0.15, 0.2) is 0 Å². The van der Waals surface area contributed by atoms with Crippen LogP contribution in [0.3, 0.4) is 0 Å². The van der Waals surface area contributed by atoms with Crippen LogP contribution in [0.2, 0.25) is 0 Å². The Hall–Kier alpha value is -1.55. The molecule has 4 nitrogen and oxygen atoms in total. The Labute approximate surface area is 89.8 Å². The van der Waals surface area contributed by atoms with Gasteiger partial charge in [-0.3, -0.25) is 9.63 Å². The minimum atomic E-state index is -0.158. The molecule has 0 aliphatic carbocycles. The number of nitrogens with one attached hydrogen (secondary N) is 1. The summed E-state index contributed by atoms with van der Waals surface area (Å²) < 4.78 is 0. The Morgan fingerprint density at radius 1 is 1.47 bits per heavy atom. The third kappa shape index (κ3) is 2.70. The van der Waals surface area contributed by atoms with Gasteiger partial charge in [0.25, 0.3) is 5.91 Å². The molecule has 1 N–H and O–H groups in total. The van der Waals surface area contributed by atoms with Crippen molar-refractivity contribution in [2.24, 2.45) is 0 Å². The van der Waals surface area contributed by atoms with Crippen molar-refractivity contribution in [3.63, 3.8) is 0 Å². The maximum atomic E-state index is 11.8. The lowest BCUT2D eigenvalue weighted by Gasteiger charge is -2.16. The van der Waals surface area contributed by atoms with Crippen molar-refractivity contribution in [1.29, 1.82) is 0 Å². The van der Waals surface area contributed by atoms with Crippen molar-refractivity contribution >= 4 is 11.6 Å². The average molecular weight is 208 g/mol. The Bertz CT molecular complexity index is 339. The molecule has 1 aromatic carbocycles. The van der Waals surface area contributed by atoms with Crippen molar-refractivity contribution in [3.8, 4) is 0 Å². The number of hydroxylamine groups is 2. The zero-order valence-corrected chi connectivity index (χ0v) is 9.28. The molecule has 0 atom stereocenters. The number of hydrogen-bond donors (Lipinski definition) is 1. The second-order valence-corrected chi connectivity index (χ2v) is 3.06. The van der Waals surface area contributed by atoms with Gasteiger partial charge in [0.05, 0.1) is 12.7 Å². The smallest absolute Gasteiger partial charge is 0.279 e. The highest BCUT2D eigenvalue weighted by molar-refractivity contribution is 5.98. The van der Waals surface area contributed by atoms with E-state index >= 15 is 0 Å².